The van der Waals surface area contributed by atoms with E-state index < -0.39 is 0 Å². The zero-order valence-corrected chi connectivity index (χ0v) is 10.8. The third-order valence-electron chi connectivity index (χ3n) is 3.57. The van der Waals surface area contributed by atoms with Crippen LogP contribution < -0.4 is 11.3 Å². The molecule has 1 aromatic rings. The van der Waals surface area contributed by atoms with E-state index in [2.05, 4.69) is 17.2 Å². The van der Waals surface area contributed by atoms with Gasteiger partial charge in [-0.05, 0) is 38.4 Å². The molecule has 0 saturated carbocycles. The molecule has 0 aliphatic carbocycles. The van der Waals surface area contributed by atoms with E-state index in [-0.39, 0.29) is 11.7 Å². The highest BCUT2D eigenvalue weighted by atomic mass is 16.4. The van der Waals surface area contributed by atoms with E-state index >= 15 is 0 Å². The molecule has 1 atom stereocenters. The minimum Gasteiger partial charge on any atom is -0.455 e. The molecule has 3 N–H and O–H groups in total. The van der Waals surface area contributed by atoms with Gasteiger partial charge in [0.15, 0.2) is 5.76 Å². The van der Waals surface area contributed by atoms with E-state index in [1.165, 1.54) is 25.7 Å². The maximum Gasteiger partial charge on any atom is 0.300 e. The number of furan rings is 1. The summed E-state index contributed by atoms with van der Waals surface area (Å²) >= 11 is 0. The van der Waals surface area contributed by atoms with Crippen LogP contribution in [-0.4, -0.2) is 23.4 Å². The fourth-order valence-electron chi connectivity index (χ4n) is 2.43. The summed E-state index contributed by atoms with van der Waals surface area (Å²) in [4.78, 5) is 13.7. The molecule has 0 radical (unpaired) electrons. The van der Waals surface area contributed by atoms with Crippen molar-refractivity contribution in [2.75, 3.05) is 6.54 Å². The average Bonchev–Trinajstić information content (AvgIpc) is 2.75. The van der Waals surface area contributed by atoms with Gasteiger partial charge in [-0.2, -0.15) is 0 Å². The SMILES string of the molecule is CC1CCCCCN1Cc1ccc(C(=O)NN)o1. The molecule has 0 spiro atoms. The summed E-state index contributed by atoms with van der Waals surface area (Å²) in [6, 6.07) is 4.09. The number of carbonyl (C=O) groups is 1. The standard InChI is InChI=1S/C13H21N3O2/c1-10-5-3-2-4-8-16(10)9-11-6-7-12(18-11)13(17)15-14/h6-7,10H,2-5,8-9,14H2,1H3,(H,15,17). The highest BCUT2D eigenvalue weighted by molar-refractivity contribution is 5.90. The Morgan fingerprint density at radius 3 is 3.11 bits per heavy atom. The van der Waals surface area contributed by atoms with E-state index in [4.69, 9.17) is 10.3 Å². The number of hydrazine groups is 1. The molecule has 5 nitrogen and oxygen atoms in total. The van der Waals surface area contributed by atoms with Crippen LogP contribution in [0.15, 0.2) is 16.5 Å². The lowest BCUT2D eigenvalue weighted by molar-refractivity contribution is 0.0920. The first kappa shape index (κ1) is 13.1. The zero-order valence-electron chi connectivity index (χ0n) is 10.8. The number of nitrogens with zero attached hydrogens (tertiary/aromatic N) is 1. The largest absolute Gasteiger partial charge is 0.455 e. The molecule has 1 saturated heterocycles. The Morgan fingerprint density at radius 1 is 1.50 bits per heavy atom. The molecule has 1 amide bonds. The van der Waals surface area contributed by atoms with Gasteiger partial charge in [0, 0.05) is 6.04 Å². The summed E-state index contributed by atoms with van der Waals surface area (Å²) in [6.45, 7) is 4.11. The number of nitrogen functional groups attached to an aromatic ring is 1. The van der Waals surface area contributed by atoms with Crippen molar-refractivity contribution in [3.05, 3.63) is 23.7 Å². The average molecular weight is 251 g/mol. The van der Waals surface area contributed by atoms with Crippen molar-refractivity contribution in [1.82, 2.24) is 10.3 Å². The fraction of sp³-hybridized carbons (Fsp3) is 0.615. The van der Waals surface area contributed by atoms with Crippen LogP contribution in [-0.2, 0) is 6.54 Å². The Hall–Kier alpha value is -1.33. The smallest absolute Gasteiger partial charge is 0.300 e. The molecule has 18 heavy (non-hydrogen) atoms. The van der Waals surface area contributed by atoms with Gasteiger partial charge in [-0.15, -0.1) is 0 Å². The topological polar surface area (TPSA) is 71.5 Å². The molecule has 1 aliphatic rings. The molecule has 1 aliphatic heterocycles. The van der Waals surface area contributed by atoms with Crippen molar-refractivity contribution in [1.29, 1.82) is 0 Å². The summed E-state index contributed by atoms with van der Waals surface area (Å²) in [5, 5.41) is 0. The molecule has 1 aromatic heterocycles. The molecule has 1 unspecified atom stereocenters. The van der Waals surface area contributed by atoms with Gasteiger partial charge < -0.3 is 4.42 Å². The Bertz CT molecular complexity index is 403. The minimum absolute atomic E-state index is 0.273. The van der Waals surface area contributed by atoms with E-state index in [0.717, 1.165) is 18.8 Å². The van der Waals surface area contributed by atoms with Crippen molar-refractivity contribution >= 4 is 5.91 Å². The molecular weight excluding hydrogens is 230 g/mol. The van der Waals surface area contributed by atoms with Gasteiger partial charge in [0.05, 0.1) is 6.54 Å². The first-order valence-corrected chi connectivity index (χ1v) is 6.54. The lowest BCUT2D eigenvalue weighted by Gasteiger charge is -2.25. The number of carbonyl (C=O) groups excluding carboxylic acids is 1. The van der Waals surface area contributed by atoms with Crippen molar-refractivity contribution < 1.29 is 9.21 Å². The van der Waals surface area contributed by atoms with Crippen LogP contribution in [0.1, 0.15) is 48.9 Å². The number of amides is 1. The number of hydrogen-bond donors (Lipinski definition) is 2. The van der Waals surface area contributed by atoms with Crippen LogP contribution in [0, 0.1) is 0 Å². The summed E-state index contributed by atoms with van der Waals surface area (Å²) in [5.41, 5.74) is 2.07. The number of rotatable bonds is 3. The van der Waals surface area contributed by atoms with Crippen molar-refractivity contribution in [2.45, 2.75) is 45.2 Å². The monoisotopic (exact) mass is 251 g/mol. The lowest BCUT2D eigenvalue weighted by Crippen LogP contribution is -2.32. The third kappa shape index (κ3) is 3.11. The van der Waals surface area contributed by atoms with Gasteiger partial charge >= 0.3 is 5.91 Å². The van der Waals surface area contributed by atoms with Gasteiger partial charge in [-0.3, -0.25) is 15.1 Å². The molecule has 1 fully saturated rings. The first-order chi connectivity index (χ1) is 8.70. The second-order valence-electron chi connectivity index (χ2n) is 4.91. The van der Waals surface area contributed by atoms with Gasteiger partial charge in [-0.25, -0.2) is 5.84 Å². The maximum atomic E-state index is 11.3. The van der Waals surface area contributed by atoms with Crippen molar-refractivity contribution in [2.24, 2.45) is 5.84 Å². The van der Waals surface area contributed by atoms with Gasteiger partial charge in [0.25, 0.3) is 0 Å². The Balaban J connectivity index is 1.99. The molecule has 100 valence electrons. The van der Waals surface area contributed by atoms with Crippen LogP contribution in [0.5, 0.6) is 0 Å². The highest BCUT2D eigenvalue weighted by Crippen LogP contribution is 2.19. The fourth-order valence-corrected chi connectivity index (χ4v) is 2.43. The number of nitrogens with two attached hydrogens (primary N) is 1. The maximum absolute atomic E-state index is 11.3. The van der Waals surface area contributed by atoms with Crippen molar-refractivity contribution in [3.63, 3.8) is 0 Å². The van der Waals surface area contributed by atoms with Gasteiger partial charge in [0.2, 0.25) is 0 Å². The molecule has 2 heterocycles. The molecule has 2 rings (SSSR count). The van der Waals surface area contributed by atoms with Crippen LogP contribution in [0.2, 0.25) is 0 Å². The number of likely N-dealkylation sites (tertiary alicyclic amines) is 1. The summed E-state index contributed by atoms with van der Waals surface area (Å²) in [7, 11) is 0. The van der Waals surface area contributed by atoms with E-state index in [0.29, 0.717) is 6.04 Å². The highest BCUT2D eigenvalue weighted by Gasteiger charge is 2.19. The van der Waals surface area contributed by atoms with Crippen LogP contribution in [0.3, 0.4) is 0 Å². The summed E-state index contributed by atoms with van der Waals surface area (Å²) in [5.74, 6) is 5.78. The van der Waals surface area contributed by atoms with Gasteiger partial charge in [0.1, 0.15) is 5.76 Å². The molecule has 0 bridgehead atoms. The van der Waals surface area contributed by atoms with Gasteiger partial charge in [-0.1, -0.05) is 12.8 Å². The van der Waals surface area contributed by atoms with Crippen LogP contribution in [0.25, 0.3) is 0 Å². The van der Waals surface area contributed by atoms with E-state index in [1.807, 2.05) is 6.07 Å². The number of nitrogens with one attached hydrogen (secondary N) is 1. The van der Waals surface area contributed by atoms with E-state index in [9.17, 15) is 4.79 Å². The predicted octanol–water partition coefficient (Wildman–Crippen LogP) is 1.65. The Morgan fingerprint density at radius 2 is 2.33 bits per heavy atom. The summed E-state index contributed by atoms with van der Waals surface area (Å²) in [6.07, 6.45) is 5.08. The number of hydrogen-bond acceptors (Lipinski definition) is 4. The molecule has 0 aromatic carbocycles. The minimum atomic E-state index is -0.384. The van der Waals surface area contributed by atoms with E-state index in [1.54, 1.807) is 6.07 Å². The lowest BCUT2D eigenvalue weighted by atomic mass is 10.1. The van der Waals surface area contributed by atoms with Crippen LogP contribution >= 0.6 is 0 Å². The Kier molecular flexibility index (Phi) is 4.38. The Labute approximate surface area is 107 Å². The molecule has 5 heteroatoms. The van der Waals surface area contributed by atoms with Crippen LogP contribution in [0.4, 0.5) is 0 Å². The normalized spacial score (nSPS) is 21.6. The predicted molar refractivity (Wildman–Crippen MR) is 68.7 cm³/mol. The molecular formula is C13H21N3O2. The first-order valence-electron chi connectivity index (χ1n) is 6.54. The zero-order chi connectivity index (χ0) is 13.0. The quantitative estimate of drug-likeness (QED) is 0.487. The summed E-state index contributed by atoms with van der Waals surface area (Å²) < 4.78 is 5.49. The third-order valence-corrected chi connectivity index (χ3v) is 3.57. The van der Waals surface area contributed by atoms with Crippen molar-refractivity contribution in [3.8, 4) is 0 Å². The second-order valence-corrected chi connectivity index (χ2v) is 4.91. The second kappa shape index (κ2) is 6.02.